The highest BCUT2D eigenvalue weighted by Crippen LogP contribution is 2.19. The van der Waals surface area contributed by atoms with Crippen molar-refractivity contribution in [1.82, 2.24) is 25.3 Å². The first-order valence-corrected chi connectivity index (χ1v) is 8.76. The van der Waals surface area contributed by atoms with Crippen molar-refractivity contribution in [2.24, 2.45) is 5.92 Å². The summed E-state index contributed by atoms with van der Waals surface area (Å²) in [5, 5.41) is 7.54. The minimum Gasteiger partial charge on any atom is -0.339 e. The van der Waals surface area contributed by atoms with Gasteiger partial charge in [0.2, 0.25) is 5.89 Å². The van der Waals surface area contributed by atoms with E-state index in [1.54, 1.807) is 11.3 Å². The van der Waals surface area contributed by atoms with Gasteiger partial charge >= 0.3 is 0 Å². The smallest absolute Gasteiger partial charge is 0.226 e. The van der Waals surface area contributed by atoms with Crippen LogP contribution in [0.3, 0.4) is 0 Å². The summed E-state index contributed by atoms with van der Waals surface area (Å²) < 4.78 is 5.23. The van der Waals surface area contributed by atoms with Crippen molar-refractivity contribution in [2.75, 3.05) is 19.6 Å². The molecule has 2 aromatic rings. The maximum Gasteiger partial charge on any atom is 0.226 e. The average molecular weight is 321 g/mol. The summed E-state index contributed by atoms with van der Waals surface area (Å²) in [6.45, 7) is 9.02. The van der Waals surface area contributed by atoms with Crippen LogP contribution in [-0.2, 0) is 19.5 Å². The number of thiazole rings is 1. The van der Waals surface area contributed by atoms with Gasteiger partial charge < -0.3 is 9.84 Å². The van der Waals surface area contributed by atoms with Crippen LogP contribution in [0, 0.1) is 12.8 Å². The van der Waals surface area contributed by atoms with Crippen LogP contribution in [0.4, 0.5) is 0 Å². The van der Waals surface area contributed by atoms with Crippen molar-refractivity contribution in [1.29, 1.82) is 0 Å². The molecular weight excluding hydrogens is 298 g/mol. The largest absolute Gasteiger partial charge is 0.339 e. The van der Waals surface area contributed by atoms with Crippen molar-refractivity contribution in [3.63, 3.8) is 0 Å². The molecule has 1 aliphatic rings. The Morgan fingerprint density at radius 2 is 2.36 bits per heavy atom. The van der Waals surface area contributed by atoms with Crippen LogP contribution in [0.25, 0.3) is 0 Å². The summed E-state index contributed by atoms with van der Waals surface area (Å²) >= 11 is 1.72. The number of hydrogen-bond donors (Lipinski definition) is 1. The summed E-state index contributed by atoms with van der Waals surface area (Å²) in [5.74, 6) is 2.20. The molecule has 0 aromatic carbocycles. The van der Waals surface area contributed by atoms with Crippen LogP contribution in [-0.4, -0.2) is 39.7 Å². The van der Waals surface area contributed by atoms with Gasteiger partial charge in [0.05, 0.1) is 17.7 Å². The van der Waals surface area contributed by atoms with Crippen molar-refractivity contribution < 1.29 is 4.52 Å². The third-order valence-electron chi connectivity index (χ3n) is 4.07. The summed E-state index contributed by atoms with van der Waals surface area (Å²) in [5.41, 5.74) is 3.05. The van der Waals surface area contributed by atoms with E-state index in [1.165, 1.54) is 11.3 Å². The molecule has 0 aliphatic carbocycles. The molecule has 0 radical (unpaired) electrons. The summed E-state index contributed by atoms with van der Waals surface area (Å²) in [6, 6.07) is 0. The predicted molar refractivity (Wildman–Crippen MR) is 85.6 cm³/mol. The molecule has 7 heteroatoms. The highest BCUT2D eigenvalue weighted by molar-refractivity contribution is 7.09. The van der Waals surface area contributed by atoms with Gasteiger partial charge in [-0.1, -0.05) is 12.1 Å². The third kappa shape index (κ3) is 3.91. The summed E-state index contributed by atoms with van der Waals surface area (Å²) in [6.07, 6.45) is 2.03. The van der Waals surface area contributed by atoms with Gasteiger partial charge in [0.1, 0.15) is 0 Å². The number of hydrogen-bond acceptors (Lipinski definition) is 7. The monoisotopic (exact) mass is 321 g/mol. The van der Waals surface area contributed by atoms with Crippen LogP contribution in [0.2, 0.25) is 0 Å². The molecule has 1 saturated heterocycles. The van der Waals surface area contributed by atoms with Crippen LogP contribution in [0.15, 0.2) is 10.0 Å². The van der Waals surface area contributed by atoms with Crippen LogP contribution >= 0.6 is 11.3 Å². The third-order valence-corrected chi connectivity index (χ3v) is 4.99. The molecule has 6 nitrogen and oxygen atoms in total. The number of rotatable bonds is 7. The second-order valence-electron chi connectivity index (χ2n) is 5.85. The van der Waals surface area contributed by atoms with Gasteiger partial charge in [-0.05, 0) is 32.4 Å². The van der Waals surface area contributed by atoms with Crippen LogP contribution < -0.4 is 5.32 Å². The van der Waals surface area contributed by atoms with E-state index in [0.29, 0.717) is 11.8 Å². The maximum atomic E-state index is 5.23. The second-order valence-corrected chi connectivity index (χ2v) is 6.79. The lowest BCUT2D eigenvalue weighted by atomic mass is 10.1. The molecule has 0 amide bonds. The fourth-order valence-corrected chi connectivity index (χ4v) is 3.62. The lowest BCUT2D eigenvalue weighted by Gasteiger charge is -2.23. The predicted octanol–water partition coefficient (Wildman–Crippen LogP) is 2.01. The van der Waals surface area contributed by atoms with Gasteiger partial charge in [0, 0.05) is 24.4 Å². The van der Waals surface area contributed by atoms with Crippen molar-refractivity contribution in [3.05, 3.63) is 27.8 Å². The molecule has 1 aliphatic heterocycles. The first-order chi connectivity index (χ1) is 10.7. The Morgan fingerprint density at radius 1 is 1.45 bits per heavy atom. The molecule has 3 rings (SSSR count). The highest BCUT2D eigenvalue weighted by atomic mass is 32.1. The first-order valence-electron chi connectivity index (χ1n) is 7.88. The quantitative estimate of drug-likeness (QED) is 0.841. The molecule has 1 atom stereocenters. The lowest BCUT2D eigenvalue weighted by Crippen LogP contribution is -2.30. The van der Waals surface area contributed by atoms with Crippen molar-refractivity contribution in [2.45, 2.75) is 39.8 Å². The highest BCUT2D eigenvalue weighted by Gasteiger charge is 2.21. The fraction of sp³-hybridized carbons (Fsp3) is 0.667. The average Bonchev–Trinajstić information content (AvgIpc) is 3.23. The van der Waals surface area contributed by atoms with Gasteiger partial charge in [0.15, 0.2) is 5.82 Å². The van der Waals surface area contributed by atoms with Gasteiger partial charge in [0.25, 0.3) is 0 Å². The van der Waals surface area contributed by atoms with Gasteiger partial charge in [-0.25, -0.2) is 4.98 Å². The van der Waals surface area contributed by atoms with E-state index < -0.39 is 0 Å². The Hall–Kier alpha value is -1.31. The zero-order valence-corrected chi connectivity index (χ0v) is 14.0. The van der Waals surface area contributed by atoms with Gasteiger partial charge in [-0.15, -0.1) is 11.3 Å². The molecule has 22 heavy (non-hydrogen) atoms. The Kier molecular flexibility index (Phi) is 5.17. The molecule has 0 bridgehead atoms. The molecule has 2 aromatic heterocycles. The molecule has 3 heterocycles. The van der Waals surface area contributed by atoms with E-state index in [2.05, 4.69) is 32.3 Å². The van der Waals surface area contributed by atoms with E-state index in [0.717, 1.165) is 50.7 Å². The van der Waals surface area contributed by atoms with E-state index in [9.17, 15) is 0 Å². The second kappa shape index (κ2) is 7.30. The SMILES string of the molecule is CCc1nc(CN(Cc2scnc2C)CC2CCNC2)no1. The Balaban J connectivity index is 1.68. The fourth-order valence-electron chi connectivity index (χ4n) is 2.80. The molecule has 0 spiro atoms. The van der Waals surface area contributed by atoms with Crippen LogP contribution in [0.5, 0.6) is 0 Å². The molecule has 120 valence electrons. The lowest BCUT2D eigenvalue weighted by molar-refractivity contribution is 0.214. The molecule has 1 fully saturated rings. The summed E-state index contributed by atoms with van der Waals surface area (Å²) in [7, 11) is 0. The number of aromatic nitrogens is 3. The van der Waals surface area contributed by atoms with E-state index >= 15 is 0 Å². The minimum absolute atomic E-state index is 0.700. The van der Waals surface area contributed by atoms with Gasteiger partial charge in [-0.2, -0.15) is 4.98 Å². The first kappa shape index (κ1) is 15.6. The number of aryl methyl sites for hydroxylation is 2. The zero-order chi connectivity index (χ0) is 15.4. The Morgan fingerprint density at radius 3 is 3.00 bits per heavy atom. The number of nitrogens with zero attached hydrogens (tertiary/aromatic N) is 4. The van der Waals surface area contributed by atoms with E-state index in [-0.39, 0.29) is 0 Å². The van der Waals surface area contributed by atoms with E-state index in [4.69, 9.17) is 4.52 Å². The standard InChI is InChI=1S/C15H23N5OS/c1-3-15-18-14(19-21-15)9-20(7-12-4-5-16-6-12)8-13-11(2)17-10-22-13/h10,12,16H,3-9H2,1-2H3. The topological polar surface area (TPSA) is 67.1 Å². The van der Waals surface area contributed by atoms with Crippen molar-refractivity contribution in [3.8, 4) is 0 Å². The van der Waals surface area contributed by atoms with Crippen molar-refractivity contribution >= 4 is 11.3 Å². The summed E-state index contributed by atoms with van der Waals surface area (Å²) in [4.78, 5) is 12.5. The van der Waals surface area contributed by atoms with Gasteiger partial charge in [-0.3, -0.25) is 4.90 Å². The molecule has 1 unspecified atom stereocenters. The molecule has 1 N–H and O–H groups in total. The maximum absolute atomic E-state index is 5.23. The zero-order valence-electron chi connectivity index (χ0n) is 13.2. The van der Waals surface area contributed by atoms with E-state index in [1.807, 2.05) is 12.4 Å². The molecule has 0 saturated carbocycles. The van der Waals surface area contributed by atoms with Crippen LogP contribution in [0.1, 0.15) is 35.6 Å². The Bertz CT molecular complexity index is 590. The Labute approximate surface area is 134 Å². The molecular formula is C15H23N5OS. The normalized spacial score (nSPS) is 18.4. The minimum atomic E-state index is 0.700. The number of nitrogens with one attached hydrogen (secondary N) is 1.